The highest BCUT2D eigenvalue weighted by molar-refractivity contribution is 14.1. The first kappa shape index (κ1) is 29.2. The number of thiophene rings is 1. The Kier molecular flexibility index (Phi) is 8.55. The Morgan fingerprint density at radius 1 is 1.28 bits per heavy atom. The minimum Gasteiger partial charge on any atom is -0.480 e. The van der Waals surface area contributed by atoms with Gasteiger partial charge in [-0.2, -0.15) is 0 Å². The molecule has 3 heterocycles. The molecule has 1 fully saturated rings. The molecule has 12 heteroatoms. The second-order valence-electron chi connectivity index (χ2n) is 11.1. The topological polar surface area (TPSA) is 128 Å². The Balaban J connectivity index is 1.74. The van der Waals surface area contributed by atoms with Crippen LogP contribution in [0, 0.1) is 20.7 Å². The van der Waals surface area contributed by atoms with Crippen LogP contribution in [-0.4, -0.2) is 58.9 Å². The molecule has 3 amide bonds. The number of carboxylic acids is 1. The lowest BCUT2D eigenvalue weighted by Gasteiger charge is -2.29. The number of halogens is 2. The number of aliphatic carboxylic acids is 1. The summed E-state index contributed by atoms with van der Waals surface area (Å²) in [6, 6.07) is 2.73. The van der Waals surface area contributed by atoms with Crippen LogP contribution in [0.1, 0.15) is 66.1 Å². The molecule has 0 radical (unpaired) electrons. The first-order valence-electron chi connectivity index (χ1n) is 12.8. The third-order valence-electron chi connectivity index (χ3n) is 7.04. The number of benzene rings is 1. The fourth-order valence-corrected chi connectivity index (χ4v) is 6.59. The summed E-state index contributed by atoms with van der Waals surface area (Å²) in [5.74, 6) is -3.27. The predicted molar refractivity (Wildman–Crippen MR) is 155 cm³/mol. The molecule has 210 valence electrons. The first-order valence-corrected chi connectivity index (χ1v) is 14.7. The molecule has 0 aliphatic carbocycles. The van der Waals surface area contributed by atoms with Crippen LogP contribution in [0.2, 0.25) is 0 Å². The summed E-state index contributed by atoms with van der Waals surface area (Å²) in [4.78, 5) is 53.8. The summed E-state index contributed by atoms with van der Waals surface area (Å²) in [7, 11) is 0. The van der Waals surface area contributed by atoms with Crippen molar-refractivity contribution >= 4 is 68.3 Å². The van der Waals surface area contributed by atoms with E-state index in [9.17, 15) is 28.7 Å². The van der Waals surface area contributed by atoms with Crippen molar-refractivity contribution in [1.29, 1.82) is 0 Å². The van der Waals surface area contributed by atoms with Gasteiger partial charge in [-0.3, -0.25) is 14.4 Å². The van der Waals surface area contributed by atoms with Crippen molar-refractivity contribution in [3.8, 4) is 0 Å². The Bertz CT molecular complexity index is 1330. The molecule has 2 atom stereocenters. The van der Waals surface area contributed by atoms with E-state index < -0.39 is 35.7 Å². The number of amides is 3. The van der Waals surface area contributed by atoms with E-state index >= 15 is 0 Å². The maximum Gasteiger partial charge on any atom is 0.326 e. The lowest BCUT2D eigenvalue weighted by Crippen LogP contribution is -2.53. The Morgan fingerprint density at radius 2 is 2.00 bits per heavy atom. The number of carboxylic acid groups (broad SMARTS) is 1. The minimum atomic E-state index is -1.07. The van der Waals surface area contributed by atoms with Gasteiger partial charge in [0.15, 0.2) is 0 Å². The van der Waals surface area contributed by atoms with Gasteiger partial charge >= 0.3 is 5.97 Å². The molecule has 0 saturated carbocycles. The fourth-order valence-electron chi connectivity index (χ4n) is 4.99. The average molecular weight is 671 g/mol. The van der Waals surface area contributed by atoms with Crippen LogP contribution in [0.3, 0.4) is 0 Å². The SMILES string of the molecule is CC(C)C(NC(=O)c1c(Nc2ccc(I)cc2F)sc2c1CC(C)(C)CNC2=O)C(=O)N1CCCC1C(=O)O. The molecule has 1 saturated heterocycles. The number of carbonyl (C=O) groups is 4. The van der Waals surface area contributed by atoms with Gasteiger partial charge < -0.3 is 26.0 Å². The molecule has 0 bridgehead atoms. The van der Waals surface area contributed by atoms with E-state index in [1.54, 1.807) is 26.0 Å². The summed E-state index contributed by atoms with van der Waals surface area (Å²) in [6.07, 6.45) is 1.34. The number of hydrogen-bond acceptors (Lipinski definition) is 6. The van der Waals surface area contributed by atoms with E-state index in [-0.39, 0.29) is 28.5 Å². The van der Waals surface area contributed by atoms with E-state index in [0.717, 1.165) is 11.3 Å². The number of nitrogens with one attached hydrogen (secondary N) is 3. The van der Waals surface area contributed by atoms with Crippen molar-refractivity contribution < 1.29 is 28.7 Å². The molecule has 39 heavy (non-hydrogen) atoms. The van der Waals surface area contributed by atoms with Crippen molar-refractivity contribution in [2.45, 2.75) is 59.0 Å². The number of carbonyl (C=O) groups excluding carboxylic acids is 3. The smallest absolute Gasteiger partial charge is 0.326 e. The average Bonchev–Trinajstić information content (AvgIpc) is 3.45. The largest absolute Gasteiger partial charge is 0.480 e. The van der Waals surface area contributed by atoms with Crippen LogP contribution >= 0.6 is 33.9 Å². The maximum atomic E-state index is 14.8. The van der Waals surface area contributed by atoms with Gasteiger partial charge in [0.1, 0.15) is 22.9 Å². The second kappa shape index (κ2) is 11.4. The Labute approximate surface area is 244 Å². The van der Waals surface area contributed by atoms with Crippen molar-refractivity contribution in [2.75, 3.05) is 18.4 Å². The number of nitrogens with zero attached hydrogens (tertiary/aromatic N) is 1. The number of likely N-dealkylation sites (tertiary alicyclic amines) is 1. The minimum absolute atomic E-state index is 0.151. The first-order chi connectivity index (χ1) is 18.3. The second-order valence-corrected chi connectivity index (χ2v) is 13.4. The summed E-state index contributed by atoms with van der Waals surface area (Å²) in [5.41, 5.74) is 0.511. The van der Waals surface area contributed by atoms with Gasteiger partial charge in [-0.25, -0.2) is 9.18 Å². The monoisotopic (exact) mass is 670 g/mol. The third-order valence-corrected chi connectivity index (χ3v) is 8.86. The number of rotatable bonds is 7. The molecule has 4 rings (SSSR count). The van der Waals surface area contributed by atoms with Crippen molar-refractivity contribution in [3.05, 3.63) is 43.6 Å². The zero-order chi connectivity index (χ0) is 28.6. The van der Waals surface area contributed by atoms with Crippen LogP contribution in [0.5, 0.6) is 0 Å². The Morgan fingerprint density at radius 3 is 2.64 bits per heavy atom. The van der Waals surface area contributed by atoms with Crippen LogP contribution < -0.4 is 16.0 Å². The molecule has 2 aliphatic rings. The van der Waals surface area contributed by atoms with E-state index in [1.807, 2.05) is 36.4 Å². The summed E-state index contributed by atoms with van der Waals surface area (Å²) in [5, 5.41) is 18.6. The normalized spacial score (nSPS) is 19.2. The van der Waals surface area contributed by atoms with Gasteiger partial charge in [-0.1, -0.05) is 27.7 Å². The number of fused-ring (bicyclic) bond motifs is 1. The van der Waals surface area contributed by atoms with E-state index in [2.05, 4.69) is 16.0 Å². The zero-order valence-corrected chi connectivity index (χ0v) is 25.2. The van der Waals surface area contributed by atoms with Crippen LogP contribution in [-0.2, 0) is 16.0 Å². The standard InChI is InChI=1S/C27H32FIN4O5S/c1-13(2)20(25(36)33-9-5-6-18(33)26(37)38)32-22(34)19-15-11-27(3,4)12-30-23(35)21(15)39-24(19)31-17-8-7-14(29)10-16(17)28/h7-8,10,13,18,20,31H,5-6,9,11-12H2,1-4H3,(H,30,35)(H,32,34)(H,37,38). The predicted octanol–water partition coefficient (Wildman–Crippen LogP) is 4.38. The van der Waals surface area contributed by atoms with Crippen LogP contribution in [0.15, 0.2) is 18.2 Å². The molecule has 1 aromatic heterocycles. The molecule has 2 unspecified atom stereocenters. The summed E-state index contributed by atoms with van der Waals surface area (Å²) < 4.78 is 15.5. The molecule has 9 nitrogen and oxygen atoms in total. The van der Waals surface area contributed by atoms with Crippen LogP contribution in [0.25, 0.3) is 0 Å². The van der Waals surface area contributed by atoms with E-state index in [4.69, 9.17) is 0 Å². The van der Waals surface area contributed by atoms with Gasteiger partial charge in [0.2, 0.25) is 5.91 Å². The fraction of sp³-hybridized carbons (Fsp3) is 0.481. The zero-order valence-electron chi connectivity index (χ0n) is 22.2. The van der Waals surface area contributed by atoms with Gasteiger partial charge in [0, 0.05) is 16.7 Å². The van der Waals surface area contributed by atoms with Crippen LogP contribution in [0.4, 0.5) is 15.1 Å². The summed E-state index contributed by atoms with van der Waals surface area (Å²) >= 11 is 3.07. The highest BCUT2D eigenvalue weighted by Crippen LogP contribution is 2.41. The van der Waals surface area contributed by atoms with Gasteiger partial charge in [-0.15, -0.1) is 11.3 Å². The molecule has 2 aromatic rings. The van der Waals surface area contributed by atoms with Gasteiger partial charge in [0.05, 0.1) is 16.1 Å². The van der Waals surface area contributed by atoms with Gasteiger partial charge in [0.25, 0.3) is 11.8 Å². The van der Waals surface area contributed by atoms with Crippen molar-refractivity contribution in [1.82, 2.24) is 15.5 Å². The molecule has 2 aliphatic heterocycles. The Hall–Kier alpha value is -2.74. The lowest BCUT2D eigenvalue weighted by molar-refractivity contribution is -0.149. The molecule has 0 spiro atoms. The highest BCUT2D eigenvalue weighted by Gasteiger charge is 2.40. The van der Waals surface area contributed by atoms with E-state index in [1.165, 1.54) is 11.0 Å². The van der Waals surface area contributed by atoms with Crippen molar-refractivity contribution in [2.24, 2.45) is 11.3 Å². The number of anilines is 2. The lowest BCUT2D eigenvalue weighted by atomic mass is 9.85. The molecule has 1 aromatic carbocycles. The molecule has 4 N–H and O–H groups in total. The highest BCUT2D eigenvalue weighted by atomic mass is 127. The summed E-state index contributed by atoms with van der Waals surface area (Å²) in [6.45, 7) is 8.23. The van der Waals surface area contributed by atoms with Crippen molar-refractivity contribution in [3.63, 3.8) is 0 Å². The number of hydrogen-bond donors (Lipinski definition) is 4. The molecular weight excluding hydrogens is 638 g/mol. The van der Waals surface area contributed by atoms with Gasteiger partial charge in [-0.05, 0) is 76.9 Å². The van der Waals surface area contributed by atoms with E-state index in [0.29, 0.717) is 51.4 Å². The third kappa shape index (κ3) is 6.21. The quantitative estimate of drug-likeness (QED) is 0.324. The molecular formula is C27H32FIN4O5S. The maximum absolute atomic E-state index is 14.8.